The molecule has 0 spiro atoms. The lowest BCUT2D eigenvalue weighted by Crippen LogP contribution is -2.19. The number of benzene rings is 2. The van der Waals surface area contributed by atoms with Crippen molar-refractivity contribution in [2.45, 2.75) is 6.92 Å². The standard InChI is InChI=1S/C21H17ClN4O5/c1-11-7-20(26-31-11)25-21(28)24-15-4-3-12(8-14(15)22)30-18-5-6-23-16-10-17(27)19(29-2)9-13(16)18/h3-10,27H,1-2H3,(H2,24,25,26,28). The van der Waals surface area contributed by atoms with E-state index in [0.29, 0.717) is 39.6 Å². The molecule has 2 heterocycles. The first-order valence-electron chi connectivity index (χ1n) is 9.07. The summed E-state index contributed by atoms with van der Waals surface area (Å²) in [7, 11) is 1.46. The second-order valence-electron chi connectivity index (χ2n) is 6.50. The van der Waals surface area contributed by atoms with Crippen LogP contribution in [0.2, 0.25) is 5.02 Å². The summed E-state index contributed by atoms with van der Waals surface area (Å²) in [6.45, 7) is 1.72. The molecule has 0 saturated carbocycles. The molecule has 158 valence electrons. The molecule has 10 heteroatoms. The van der Waals surface area contributed by atoms with Crippen LogP contribution in [-0.4, -0.2) is 28.4 Å². The van der Waals surface area contributed by atoms with E-state index in [4.69, 9.17) is 25.6 Å². The number of nitrogens with zero attached hydrogens (tertiary/aromatic N) is 2. The number of halogens is 1. The van der Waals surface area contributed by atoms with E-state index in [2.05, 4.69) is 20.8 Å². The van der Waals surface area contributed by atoms with Crippen LogP contribution >= 0.6 is 11.6 Å². The number of methoxy groups -OCH3 is 1. The van der Waals surface area contributed by atoms with E-state index in [1.165, 1.54) is 13.2 Å². The van der Waals surface area contributed by atoms with Crippen molar-refractivity contribution >= 4 is 40.0 Å². The Labute approximate surface area is 181 Å². The first-order valence-corrected chi connectivity index (χ1v) is 9.45. The van der Waals surface area contributed by atoms with E-state index in [-0.39, 0.29) is 16.6 Å². The zero-order valence-corrected chi connectivity index (χ0v) is 17.2. The van der Waals surface area contributed by atoms with E-state index >= 15 is 0 Å². The Kier molecular flexibility index (Phi) is 5.50. The maximum absolute atomic E-state index is 12.1. The summed E-state index contributed by atoms with van der Waals surface area (Å²) >= 11 is 6.31. The van der Waals surface area contributed by atoms with Crippen molar-refractivity contribution < 1.29 is 23.9 Å². The van der Waals surface area contributed by atoms with Crippen LogP contribution in [-0.2, 0) is 0 Å². The molecule has 9 nitrogen and oxygen atoms in total. The van der Waals surface area contributed by atoms with Gasteiger partial charge in [0.25, 0.3) is 0 Å². The van der Waals surface area contributed by atoms with Crippen LogP contribution in [0.4, 0.5) is 16.3 Å². The number of urea groups is 1. The van der Waals surface area contributed by atoms with Crippen molar-refractivity contribution in [3.05, 3.63) is 59.4 Å². The summed E-state index contributed by atoms with van der Waals surface area (Å²) in [4.78, 5) is 16.4. The minimum Gasteiger partial charge on any atom is -0.504 e. The predicted molar refractivity (Wildman–Crippen MR) is 115 cm³/mol. The van der Waals surface area contributed by atoms with Crippen molar-refractivity contribution in [3.8, 4) is 23.0 Å². The van der Waals surface area contributed by atoms with Gasteiger partial charge in [-0.1, -0.05) is 16.8 Å². The zero-order chi connectivity index (χ0) is 22.0. The fraction of sp³-hybridized carbons (Fsp3) is 0.0952. The third-order valence-corrected chi connectivity index (χ3v) is 4.60. The molecule has 0 fully saturated rings. The van der Waals surface area contributed by atoms with E-state index < -0.39 is 6.03 Å². The number of pyridine rings is 1. The predicted octanol–water partition coefficient (Wildman–Crippen LogP) is 5.34. The van der Waals surface area contributed by atoms with Gasteiger partial charge in [0.15, 0.2) is 17.3 Å². The molecule has 4 rings (SSSR count). The number of fused-ring (bicyclic) bond motifs is 1. The lowest BCUT2D eigenvalue weighted by atomic mass is 10.2. The van der Waals surface area contributed by atoms with E-state index in [0.717, 1.165) is 0 Å². The number of ether oxygens (including phenoxy) is 2. The van der Waals surface area contributed by atoms with E-state index in [1.54, 1.807) is 49.5 Å². The molecule has 0 aliphatic rings. The Hall–Kier alpha value is -3.98. The number of carbonyl (C=O) groups is 1. The van der Waals surface area contributed by atoms with E-state index in [9.17, 15) is 9.90 Å². The van der Waals surface area contributed by atoms with Gasteiger partial charge in [-0.25, -0.2) is 4.79 Å². The molecule has 0 saturated heterocycles. The SMILES string of the molecule is COc1cc2c(Oc3ccc(NC(=O)Nc4cc(C)on4)c(Cl)c3)ccnc2cc1O. The molecule has 0 radical (unpaired) electrons. The van der Waals surface area contributed by atoms with Crippen LogP contribution in [0.25, 0.3) is 10.9 Å². The second kappa shape index (κ2) is 8.41. The molecule has 31 heavy (non-hydrogen) atoms. The van der Waals surface area contributed by atoms with Gasteiger partial charge < -0.3 is 24.4 Å². The highest BCUT2D eigenvalue weighted by molar-refractivity contribution is 6.34. The number of amides is 2. The minimum atomic E-state index is -0.518. The fourth-order valence-electron chi connectivity index (χ4n) is 2.87. The van der Waals surface area contributed by atoms with Gasteiger partial charge in [0, 0.05) is 29.8 Å². The largest absolute Gasteiger partial charge is 0.504 e. The molecule has 0 aliphatic carbocycles. The third kappa shape index (κ3) is 4.46. The number of hydrogen-bond acceptors (Lipinski definition) is 7. The summed E-state index contributed by atoms with van der Waals surface area (Å²) < 4.78 is 16.0. The van der Waals surface area contributed by atoms with Gasteiger partial charge in [0.2, 0.25) is 0 Å². The quantitative estimate of drug-likeness (QED) is 0.383. The summed E-state index contributed by atoms with van der Waals surface area (Å²) in [6.07, 6.45) is 1.57. The Bertz CT molecular complexity index is 1270. The molecule has 0 aliphatic heterocycles. The van der Waals surface area contributed by atoms with Gasteiger partial charge in [-0.2, -0.15) is 0 Å². The van der Waals surface area contributed by atoms with Gasteiger partial charge in [-0.3, -0.25) is 10.3 Å². The number of aromatic hydroxyl groups is 1. The van der Waals surface area contributed by atoms with Crippen molar-refractivity contribution in [3.63, 3.8) is 0 Å². The average molecular weight is 441 g/mol. The van der Waals surface area contributed by atoms with Crippen molar-refractivity contribution in [2.24, 2.45) is 0 Å². The molecule has 0 unspecified atom stereocenters. The smallest absolute Gasteiger partial charge is 0.324 e. The molecule has 2 aromatic carbocycles. The van der Waals surface area contributed by atoms with Crippen LogP contribution in [0.3, 0.4) is 0 Å². The highest BCUT2D eigenvalue weighted by atomic mass is 35.5. The molecule has 0 atom stereocenters. The second-order valence-corrected chi connectivity index (χ2v) is 6.90. The summed E-state index contributed by atoms with van der Waals surface area (Å²) in [5, 5.41) is 19.8. The molecule has 2 aromatic heterocycles. The van der Waals surface area contributed by atoms with Crippen LogP contribution < -0.4 is 20.1 Å². The number of rotatable bonds is 5. The number of aryl methyl sites for hydroxylation is 1. The Morgan fingerprint density at radius 2 is 1.97 bits per heavy atom. The molecule has 2 amide bonds. The van der Waals surface area contributed by atoms with Crippen LogP contribution in [0.5, 0.6) is 23.0 Å². The normalized spacial score (nSPS) is 10.7. The van der Waals surface area contributed by atoms with Crippen molar-refractivity contribution in [2.75, 3.05) is 17.7 Å². The Morgan fingerprint density at radius 1 is 1.13 bits per heavy atom. The summed E-state index contributed by atoms with van der Waals surface area (Å²) in [5.74, 6) is 2.10. The topological polar surface area (TPSA) is 119 Å². The number of hydrogen-bond donors (Lipinski definition) is 3. The molecular formula is C21H17ClN4O5. The third-order valence-electron chi connectivity index (χ3n) is 4.29. The van der Waals surface area contributed by atoms with Gasteiger partial charge in [-0.05, 0) is 31.2 Å². The lowest BCUT2D eigenvalue weighted by molar-refractivity contribution is 0.262. The number of phenolic OH excluding ortho intramolecular Hbond substituents is 1. The van der Waals surface area contributed by atoms with Gasteiger partial charge in [0.1, 0.15) is 17.3 Å². The first-order chi connectivity index (χ1) is 14.9. The van der Waals surface area contributed by atoms with Crippen molar-refractivity contribution in [1.82, 2.24) is 10.1 Å². The summed E-state index contributed by atoms with van der Waals surface area (Å²) in [5.41, 5.74) is 0.929. The molecular weight excluding hydrogens is 424 g/mol. The monoisotopic (exact) mass is 440 g/mol. The Balaban J connectivity index is 1.53. The zero-order valence-electron chi connectivity index (χ0n) is 16.5. The number of aromatic nitrogens is 2. The first kappa shape index (κ1) is 20.3. The molecule has 3 N–H and O–H groups in total. The summed E-state index contributed by atoms with van der Waals surface area (Å²) in [6, 6.07) is 10.7. The maximum Gasteiger partial charge on any atom is 0.324 e. The van der Waals surface area contributed by atoms with Crippen LogP contribution in [0, 0.1) is 6.92 Å². The molecule has 0 bridgehead atoms. The average Bonchev–Trinajstić information content (AvgIpc) is 3.14. The highest BCUT2D eigenvalue weighted by Crippen LogP contribution is 2.37. The number of phenols is 1. The molecule has 4 aromatic rings. The van der Waals surface area contributed by atoms with Crippen molar-refractivity contribution in [1.29, 1.82) is 0 Å². The fourth-order valence-corrected chi connectivity index (χ4v) is 3.09. The van der Waals surface area contributed by atoms with E-state index in [1.807, 2.05) is 0 Å². The minimum absolute atomic E-state index is 0.0165. The maximum atomic E-state index is 12.1. The highest BCUT2D eigenvalue weighted by Gasteiger charge is 2.12. The number of nitrogens with one attached hydrogen (secondary N) is 2. The van der Waals surface area contributed by atoms with Gasteiger partial charge >= 0.3 is 6.03 Å². The van der Waals surface area contributed by atoms with Gasteiger partial charge in [0.05, 0.1) is 23.3 Å². The van der Waals surface area contributed by atoms with Crippen LogP contribution in [0.1, 0.15) is 5.76 Å². The number of carbonyl (C=O) groups excluding carboxylic acids is 1. The lowest BCUT2D eigenvalue weighted by Gasteiger charge is -2.12. The van der Waals surface area contributed by atoms with Gasteiger partial charge in [-0.15, -0.1) is 0 Å². The van der Waals surface area contributed by atoms with Crippen LogP contribution in [0.15, 0.2) is 53.2 Å². The Morgan fingerprint density at radius 3 is 2.68 bits per heavy atom. The number of anilines is 2.